The molecule has 0 radical (unpaired) electrons. The predicted molar refractivity (Wildman–Crippen MR) is 171 cm³/mol. The lowest BCUT2D eigenvalue weighted by Gasteiger charge is -2.50. The lowest BCUT2D eigenvalue weighted by Crippen LogP contribution is -2.60. The van der Waals surface area contributed by atoms with E-state index in [9.17, 15) is 4.39 Å². The molecule has 0 spiro atoms. The van der Waals surface area contributed by atoms with Crippen LogP contribution in [0.3, 0.4) is 0 Å². The van der Waals surface area contributed by atoms with Gasteiger partial charge in [-0.1, -0.05) is 66.7 Å². The molecule has 9 heteroatoms. The fourth-order valence-electron chi connectivity index (χ4n) is 8.16. The van der Waals surface area contributed by atoms with Gasteiger partial charge in [0.05, 0.1) is 10.0 Å². The number of rotatable bonds is 6. The van der Waals surface area contributed by atoms with Crippen LogP contribution in [0.2, 0.25) is 0 Å². The standard InChI is InChI=1S/C35H34BrF2N5O/c1-34(2,23-10-4-3-5-11-23)43-24-13-14-25(43)20-41(19-24)32-26-17-28(37)29(36)30(38)31(26)39-33(40-32)44-21-35-15-8-16-42(35)18-22-9-6-7-12-27(22)35/h3-7,9-14,17,24-25H,8,15-16,18-21H2,1-2H3. The summed E-state index contributed by atoms with van der Waals surface area (Å²) in [6.07, 6.45) is 6.56. The number of anilines is 1. The van der Waals surface area contributed by atoms with Gasteiger partial charge in [0.15, 0.2) is 5.82 Å². The number of ether oxygens (including phenoxy) is 1. The van der Waals surface area contributed by atoms with Gasteiger partial charge in [-0.15, -0.1) is 0 Å². The lowest BCUT2D eigenvalue weighted by atomic mass is 9.89. The monoisotopic (exact) mass is 657 g/mol. The molecule has 5 heterocycles. The van der Waals surface area contributed by atoms with Crippen LogP contribution in [0.4, 0.5) is 14.6 Å². The molecule has 3 aromatic carbocycles. The van der Waals surface area contributed by atoms with Crippen molar-refractivity contribution in [2.24, 2.45) is 0 Å². The number of piperazine rings is 1. The van der Waals surface area contributed by atoms with Gasteiger partial charge in [-0.3, -0.25) is 9.80 Å². The van der Waals surface area contributed by atoms with E-state index < -0.39 is 11.6 Å². The summed E-state index contributed by atoms with van der Waals surface area (Å²) < 4.78 is 36.8. The Morgan fingerprint density at radius 3 is 2.50 bits per heavy atom. The lowest BCUT2D eigenvalue weighted by molar-refractivity contribution is 0.0589. The van der Waals surface area contributed by atoms with Crippen LogP contribution in [-0.4, -0.2) is 58.1 Å². The first kappa shape index (κ1) is 28.1. The summed E-state index contributed by atoms with van der Waals surface area (Å²) in [6.45, 7) is 8.02. The van der Waals surface area contributed by atoms with Crippen molar-refractivity contribution in [3.8, 4) is 6.01 Å². The molecule has 6 nitrogen and oxygen atoms in total. The van der Waals surface area contributed by atoms with Gasteiger partial charge in [-0.05, 0) is 71.9 Å². The van der Waals surface area contributed by atoms with Gasteiger partial charge in [-0.2, -0.15) is 9.97 Å². The van der Waals surface area contributed by atoms with Gasteiger partial charge in [0.2, 0.25) is 0 Å². The molecular formula is C35H34BrF2N5O. The molecule has 0 aliphatic carbocycles. The van der Waals surface area contributed by atoms with Crippen molar-refractivity contribution < 1.29 is 13.5 Å². The quantitative estimate of drug-likeness (QED) is 0.166. The number of hydrogen-bond donors (Lipinski definition) is 0. The minimum atomic E-state index is -0.745. The third-order valence-electron chi connectivity index (χ3n) is 10.2. The van der Waals surface area contributed by atoms with E-state index in [0.29, 0.717) is 30.9 Å². The number of benzene rings is 3. The van der Waals surface area contributed by atoms with Crippen molar-refractivity contribution in [2.75, 3.05) is 31.1 Å². The Labute approximate surface area is 264 Å². The summed E-state index contributed by atoms with van der Waals surface area (Å²) in [5.74, 6) is -0.925. The van der Waals surface area contributed by atoms with E-state index in [2.05, 4.69) is 110 Å². The number of halogens is 3. The van der Waals surface area contributed by atoms with E-state index in [4.69, 9.17) is 9.72 Å². The largest absolute Gasteiger partial charge is 0.461 e. The van der Waals surface area contributed by atoms with Crippen LogP contribution in [0, 0.1) is 11.6 Å². The molecule has 1 aromatic heterocycles. The summed E-state index contributed by atoms with van der Waals surface area (Å²) >= 11 is 3.08. The highest BCUT2D eigenvalue weighted by Crippen LogP contribution is 2.47. The SMILES string of the molecule is CC(C)(c1ccccc1)N1C2C=CC1CN(c1nc(OCC34CCCN3Cc3ccccc34)nc3c(F)c(Br)c(F)cc13)C2. The first-order chi connectivity index (χ1) is 21.3. The Balaban J connectivity index is 1.15. The molecule has 44 heavy (non-hydrogen) atoms. The van der Waals surface area contributed by atoms with E-state index in [1.807, 2.05) is 6.07 Å². The predicted octanol–water partition coefficient (Wildman–Crippen LogP) is 6.92. The van der Waals surface area contributed by atoms with Gasteiger partial charge in [0, 0.05) is 42.6 Å². The molecule has 226 valence electrons. The van der Waals surface area contributed by atoms with E-state index in [1.54, 1.807) is 0 Å². The van der Waals surface area contributed by atoms with Crippen molar-refractivity contribution >= 4 is 32.7 Å². The smallest absolute Gasteiger partial charge is 0.319 e. The van der Waals surface area contributed by atoms with Crippen molar-refractivity contribution in [2.45, 2.75) is 56.4 Å². The molecule has 2 saturated heterocycles. The number of fused-ring (bicyclic) bond motifs is 6. The third-order valence-corrected chi connectivity index (χ3v) is 11.0. The highest BCUT2D eigenvalue weighted by Gasteiger charge is 2.49. The topological polar surface area (TPSA) is 44.7 Å². The van der Waals surface area contributed by atoms with Crippen molar-refractivity contribution in [3.05, 3.63) is 106 Å². The molecular weight excluding hydrogens is 624 g/mol. The van der Waals surface area contributed by atoms with Gasteiger partial charge in [0.1, 0.15) is 23.8 Å². The van der Waals surface area contributed by atoms with Crippen LogP contribution >= 0.6 is 15.9 Å². The molecule has 2 bridgehead atoms. The van der Waals surface area contributed by atoms with E-state index in [1.165, 1.54) is 22.8 Å². The second-order valence-electron chi connectivity index (χ2n) is 13.0. The van der Waals surface area contributed by atoms with Gasteiger partial charge < -0.3 is 9.64 Å². The third kappa shape index (κ3) is 4.23. The van der Waals surface area contributed by atoms with Crippen LogP contribution in [-0.2, 0) is 17.6 Å². The van der Waals surface area contributed by atoms with Crippen LogP contribution < -0.4 is 9.64 Å². The molecule has 0 N–H and O–H groups in total. The second kappa shape index (κ2) is 10.3. The van der Waals surface area contributed by atoms with Crippen molar-refractivity contribution in [3.63, 3.8) is 0 Å². The summed E-state index contributed by atoms with van der Waals surface area (Å²) in [7, 11) is 0. The van der Waals surface area contributed by atoms with E-state index >= 15 is 4.39 Å². The Kier molecular flexibility index (Phi) is 6.59. The van der Waals surface area contributed by atoms with Crippen LogP contribution in [0.5, 0.6) is 6.01 Å². The summed E-state index contributed by atoms with van der Waals surface area (Å²) in [5.41, 5.74) is 3.45. The fraction of sp³-hybridized carbons (Fsp3) is 0.371. The maximum Gasteiger partial charge on any atom is 0.319 e. The molecule has 4 aromatic rings. The maximum absolute atomic E-state index is 15.6. The average Bonchev–Trinajstić information content (AvgIpc) is 3.67. The van der Waals surface area contributed by atoms with Gasteiger partial charge in [0.25, 0.3) is 0 Å². The first-order valence-electron chi connectivity index (χ1n) is 15.3. The highest BCUT2D eigenvalue weighted by atomic mass is 79.9. The Morgan fingerprint density at radius 1 is 1.00 bits per heavy atom. The maximum atomic E-state index is 15.6. The molecule has 3 atom stereocenters. The second-order valence-corrected chi connectivity index (χ2v) is 13.8. The molecule has 4 aliphatic heterocycles. The van der Waals surface area contributed by atoms with Crippen LogP contribution in [0.15, 0.2) is 77.3 Å². The Bertz CT molecular complexity index is 1780. The summed E-state index contributed by atoms with van der Waals surface area (Å²) in [4.78, 5) is 16.6. The zero-order chi connectivity index (χ0) is 30.2. The van der Waals surface area contributed by atoms with Gasteiger partial charge in [-0.25, -0.2) is 8.78 Å². The normalized spacial score (nSPS) is 24.7. The highest BCUT2D eigenvalue weighted by molar-refractivity contribution is 9.10. The van der Waals surface area contributed by atoms with Crippen molar-refractivity contribution in [1.82, 2.24) is 19.8 Å². The summed E-state index contributed by atoms with van der Waals surface area (Å²) in [5, 5.41) is 0.345. The molecule has 3 unspecified atom stereocenters. The molecule has 0 saturated carbocycles. The van der Waals surface area contributed by atoms with E-state index in [-0.39, 0.29) is 39.2 Å². The zero-order valence-electron chi connectivity index (χ0n) is 24.8. The van der Waals surface area contributed by atoms with Gasteiger partial charge >= 0.3 is 6.01 Å². The van der Waals surface area contributed by atoms with Crippen LogP contribution in [0.25, 0.3) is 10.9 Å². The first-order valence-corrected chi connectivity index (χ1v) is 16.1. The fourth-order valence-corrected chi connectivity index (χ4v) is 8.47. The molecule has 8 rings (SSSR count). The average molecular weight is 659 g/mol. The Hall–Kier alpha value is -3.40. The number of hydrogen-bond acceptors (Lipinski definition) is 6. The minimum Gasteiger partial charge on any atom is -0.461 e. The Morgan fingerprint density at radius 2 is 1.73 bits per heavy atom. The zero-order valence-corrected chi connectivity index (χ0v) is 26.4. The van der Waals surface area contributed by atoms with Crippen molar-refractivity contribution in [1.29, 1.82) is 0 Å². The molecule has 0 amide bonds. The van der Waals surface area contributed by atoms with Crippen LogP contribution in [0.1, 0.15) is 43.4 Å². The number of nitrogens with zero attached hydrogens (tertiary/aromatic N) is 5. The molecule has 4 aliphatic rings. The summed E-state index contributed by atoms with van der Waals surface area (Å²) in [6, 6.07) is 20.7. The molecule has 2 fully saturated rings. The number of aromatic nitrogens is 2. The minimum absolute atomic E-state index is 0.0539. The van der Waals surface area contributed by atoms with E-state index in [0.717, 1.165) is 25.9 Å².